The molecule has 0 bridgehead atoms. The number of nitrogens with zero attached hydrogens (tertiary/aromatic N) is 2. The van der Waals surface area contributed by atoms with Crippen molar-refractivity contribution in [3.05, 3.63) is 17.7 Å². The lowest BCUT2D eigenvalue weighted by Crippen LogP contribution is -2.10. The lowest BCUT2D eigenvalue weighted by molar-refractivity contribution is 0.0588. The Kier molecular flexibility index (Phi) is 2.47. The largest absolute Gasteiger partial charge is 0.464 e. The average molecular weight is 168 g/mol. The van der Waals surface area contributed by atoms with Crippen molar-refractivity contribution in [1.29, 1.82) is 0 Å². The second kappa shape index (κ2) is 3.38. The zero-order valence-corrected chi connectivity index (χ0v) is 7.50. The van der Waals surface area contributed by atoms with Crippen LogP contribution in [0.15, 0.2) is 6.20 Å². The minimum Gasteiger partial charge on any atom is -0.464 e. The minimum atomic E-state index is -0.336. The van der Waals surface area contributed by atoms with Gasteiger partial charge in [-0.2, -0.15) is 0 Å². The summed E-state index contributed by atoms with van der Waals surface area (Å²) >= 11 is 0. The summed E-state index contributed by atoms with van der Waals surface area (Å²) in [5, 5.41) is 0. The van der Waals surface area contributed by atoms with Crippen LogP contribution in [0.2, 0.25) is 0 Å². The van der Waals surface area contributed by atoms with E-state index in [0.717, 1.165) is 12.4 Å². The van der Waals surface area contributed by atoms with Crippen molar-refractivity contribution in [1.82, 2.24) is 9.55 Å². The van der Waals surface area contributed by atoms with Crippen LogP contribution in [0.4, 0.5) is 0 Å². The molecule has 0 amide bonds. The molecule has 12 heavy (non-hydrogen) atoms. The fourth-order valence-corrected chi connectivity index (χ4v) is 1.13. The number of aromatic nitrogens is 2. The smallest absolute Gasteiger partial charge is 0.356 e. The van der Waals surface area contributed by atoms with Gasteiger partial charge in [0.2, 0.25) is 0 Å². The van der Waals surface area contributed by atoms with E-state index in [9.17, 15) is 4.79 Å². The molecule has 1 heterocycles. The minimum absolute atomic E-state index is 0.336. The van der Waals surface area contributed by atoms with Crippen LogP contribution in [0.1, 0.15) is 23.2 Å². The number of ether oxygens (including phenoxy) is 1. The van der Waals surface area contributed by atoms with Crippen molar-refractivity contribution in [3.8, 4) is 0 Å². The number of esters is 1. The number of hydrogen-bond donors (Lipinski definition) is 0. The van der Waals surface area contributed by atoms with Crippen molar-refractivity contribution in [2.24, 2.45) is 0 Å². The summed E-state index contributed by atoms with van der Waals surface area (Å²) < 4.78 is 6.40. The van der Waals surface area contributed by atoms with Gasteiger partial charge in [-0.05, 0) is 13.8 Å². The van der Waals surface area contributed by atoms with Gasteiger partial charge in [-0.25, -0.2) is 9.78 Å². The third-order valence-corrected chi connectivity index (χ3v) is 1.77. The maximum absolute atomic E-state index is 11.1. The van der Waals surface area contributed by atoms with Gasteiger partial charge in [0.1, 0.15) is 11.5 Å². The molecule has 0 aliphatic carbocycles. The van der Waals surface area contributed by atoms with Crippen molar-refractivity contribution < 1.29 is 9.53 Å². The molecular formula is C8H12N2O2. The Hall–Kier alpha value is -1.32. The van der Waals surface area contributed by atoms with Gasteiger partial charge in [-0.15, -0.1) is 0 Å². The van der Waals surface area contributed by atoms with Crippen LogP contribution in [0, 0.1) is 6.92 Å². The van der Waals surface area contributed by atoms with Gasteiger partial charge >= 0.3 is 5.97 Å². The van der Waals surface area contributed by atoms with Crippen LogP contribution in [0.5, 0.6) is 0 Å². The number of hydrogen-bond acceptors (Lipinski definition) is 3. The van der Waals surface area contributed by atoms with Gasteiger partial charge < -0.3 is 9.30 Å². The van der Waals surface area contributed by atoms with E-state index >= 15 is 0 Å². The van der Waals surface area contributed by atoms with E-state index in [-0.39, 0.29) is 5.97 Å². The van der Waals surface area contributed by atoms with Gasteiger partial charge in [0.05, 0.1) is 13.3 Å². The quantitative estimate of drug-likeness (QED) is 0.619. The molecule has 0 atom stereocenters. The molecule has 4 heteroatoms. The van der Waals surface area contributed by atoms with Gasteiger partial charge in [-0.3, -0.25) is 0 Å². The lowest BCUT2D eigenvalue weighted by Gasteiger charge is -2.04. The molecule has 0 fully saturated rings. The lowest BCUT2D eigenvalue weighted by atomic mass is 10.4. The van der Waals surface area contributed by atoms with Crippen molar-refractivity contribution in [2.75, 3.05) is 7.11 Å². The van der Waals surface area contributed by atoms with Crippen molar-refractivity contribution in [2.45, 2.75) is 20.4 Å². The fraction of sp³-hybridized carbons (Fsp3) is 0.500. The van der Waals surface area contributed by atoms with Crippen LogP contribution in [0.25, 0.3) is 0 Å². The molecule has 0 radical (unpaired) electrons. The van der Waals surface area contributed by atoms with E-state index in [4.69, 9.17) is 0 Å². The SMILES string of the molecule is CCn1c(C(=O)OC)cnc1C. The molecule has 0 unspecified atom stereocenters. The number of methoxy groups -OCH3 is 1. The van der Waals surface area contributed by atoms with Gasteiger partial charge in [0.15, 0.2) is 0 Å². The van der Waals surface area contributed by atoms with Gasteiger partial charge in [0.25, 0.3) is 0 Å². The standard InChI is InChI=1S/C8H12N2O2/c1-4-10-6(2)9-5-7(10)8(11)12-3/h5H,4H2,1-3H3. The number of carbonyl (C=O) groups excluding carboxylic acids is 1. The average Bonchev–Trinajstić information content (AvgIpc) is 2.45. The Morgan fingerprint density at radius 2 is 2.42 bits per heavy atom. The summed E-state index contributed by atoms with van der Waals surface area (Å²) in [6, 6.07) is 0. The molecule has 1 rings (SSSR count). The second-order valence-electron chi connectivity index (χ2n) is 2.43. The summed E-state index contributed by atoms with van der Waals surface area (Å²) in [7, 11) is 1.37. The fourth-order valence-electron chi connectivity index (χ4n) is 1.13. The molecule has 1 aromatic heterocycles. The van der Waals surface area contributed by atoms with E-state index in [1.807, 2.05) is 18.4 Å². The molecule has 0 aliphatic rings. The van der Waals surface area contributed by atoms with E-state index in [1.54, 1.807) is 0 Å². The Bertz CT molecular complexity index is 291. The molecule has 1 aromatic rings. The normalized spacial score (nSPS) is 9.92. The van der Waals surface area contributed by atoms with E-state index in [2.05, 4.69) is 9.72 Å². The summed E-state index contributed by atoms with van der Waals surface area (Å²) in [4.78, 5) is 15.1. The highest BCUT2D eigenvalue weighted by atomic mass is 16.5. The highest BCUT2D eigenvalue weighted by Gasteiger charge is 2.12. The van der Waals surface area contributed by atoms with E-state index in [1.165, 1.54) is 13.3 Å². The Morgan fingerprint density at radius 3 is 2.92 bits per heavy atom. The summed E-state index contributed by atoms with van der Waals surface area (Å²) in [6.45, 7) is 4.55. The van der Waals surface area contributed by atoms with Crippen molar-refractivity contribution >= 4 is 5.97 Å². The Balaban J connectivity index is 3.07. The molecular weight excluding hydrogens is 156 g/mol. The molecule has 0 aromatic carbocycles. The van der Waals surface area contributed by atoms with Gasteiger partial charge in [-0.1, -0.05) is 0 Å². The molecule has 0 saturated heterocycles. The zero-order chi connectivity index (χ0) is 9.14. The molecule has 0 spiro atoms. The summed E-state index contributed by atoms with van der Waals surface area (Å²) in [6.07, 6.45) is 1.53. The van der Waals surface area contributed by atoms with E-state index in [0.29, 0.717) is 5.69 Å². The zero-order valence-electron chi connectivity index (χ0n) is 7.50. The highest BCUT2D eigenvalue weighted by Crippen LogP contribution is 2.05. The van der Waals surface area contributed by atoms with Crippen LogP contribution in [-0.4, -0.2) is 22.6 Å². The number of rotatable bonds is 2. The monoisotopic (exact) mass is 168 g/mol. The first kappa shape index (κ1) is 8.77. The topological polar surface area (TPSA) is 44.1 Å². The molecule has 0 N–H and O–H groups in total. The van der Waals surface area contributed by atoms with Crippen LogP contribution in [-0.2, 0) is 11.3 Å². The second-order valence-corrected chi connectivity index (χ2v) is 2.43. The molecule has 66 valence electrons. The van der Waals surface area contributed by atoms with Crippen molar-refractivity contribution in [3.63, 3.8) is 0 Å². The Morgan fingerprint density at radius 1 is 1.75 bits per heavy atom. The van der Waals surface area contributed by atoms with Crippen LogP contribution >= 0.6 is 0 Å². The highest BCUT2D eigenvalue weighted by molar-refractivity contribution is 5.87. The van der Waals surface area contributed by atoms with E-state index < -0.39 is 0 Å². The maximum atomic E-state index is 11.1. The predicted octanol–water partition coefficient (Wildman–Crippen LogP) is 0.998. The first-order valence-electron chi connectivity index (χ1n) is 3.81. The molecule has 0 aliphatic heterocycles. The predicted molar refractivity (Wildman–Crippen MR) is 44.0 cm³/mol. The van der Waals surface area contributed by atoms with Gasteiger partial charge in [0, 0.05) is 6.54 Å². The molecule has 0 saturated carbocycles. The number of imidazole rings is 1. The summed E-state index contributed by atoms with van der Waals surface area (Å²) in [5.74, 6) is 0.496. The maximum Gasteiger partial charge on any atom is 0.356 e. The summed E-state index contributed by atoms with van der Waals surface area (Å²) in [5.41, 5.74) is 0.512. The first-order valence-corrected chi connectivity index (χ1v) is 3.81. The number of carbonyl (C=O) groups is 1. The third kappa shape index (κ3) is 1.32. The molecule has 4 nitrogen and oxygen atoms in total. The Labute approximate surface area is 71.2 Å². The van der Waals surface area contributed by atoms with Crippen LogP contribution < -0.4 is 0 Å². The van der Waals surface area contributed by atoms with Crippen LogP contribution in [0.3, 0.4) is 0 Å². The first-order chi connectivity index (χ1) is 5.70. The number of aryl methyl sites for hydroxylation is 1. The third-order valence-electron chi connectivity index (χ3n) is 1.77.